The van der Waals surface area contributed by atoms with Crippen molar-refractivity contribution in [1.29, 1.82) is 0 Å². The minimum atomic E-state index is 0. The first-order chi connectivity index (χ1) is 12.7. The lowest BCUT2D eigenvalue weighted by Crippen LogP contribution is -3.00. The third-order valence-electron chi connectivity index (χ3n) is 4.06. The lowest BCUT2D eigenvalue weighted by atomic mass is 10.2. The zero-order valence-corrected chi connectivity index (χ0v) is 18.2. The van der Waals surface area contributed by atoms with Crippen LogP contribution in [-0.2, 0) is 27.2 Å². The molecule has 0 aliphatic heterocycles. The van der Waals surface area contributed by atoms with Crippen LogP contribution in [0.5, 0.6) is 0 Å². The molecule has 156 valence electrons. The molecule has 7 heteroatoms. The van der Waals surface area contributed by atoms with E-state index in [4.69, 9.17) is 0 Å². The maximum absolute atomic E-state index is 2.16. The SMILES string of the molecule is C[n+]1ccn(Cc2ccccc2)c1.C[n+]1ccn(Cc2ccccc2)c1.O.[Cl-].[Cl-]. The number of rotatable bonds is 4. The quantitative estimate of drug-likeness (QED) is 0.293. The highest BCUT2D eigenvalue weighted by molar-refractivity contribution is 5.15. The van der Waals surface area contributed by atoms with Gasteiger partial charge in [0, 0.05) is 0 Å². The van der Waals surface area contributed by atoms with Crippen molar-refractivity contribution < 1.29 is 39.4 Å². The largest absolute Gasteiger partial charge is 1.00 e. The van der Waals surface area contributed by atoms with E-state index in [2.05, 4.69) is 82.7 Å². The zero-order chi connectivity index (χ0) is 18.2. The van der Waals surface area contributed by atoms with Crippen LogP contribution in [0.15, 0.2) is 98.1 Å². The van der Waals surface area contributed by atoms with Crippen molar-refractivity contribution in [2.45, 2.75) is 13.1 Å². The third kappa shape index (κ3) is 8.96. The van der Waals surface area contributed by atoms with Crippen LogP contribution < -0.4 is 33.9 Å². The summed E-state index contributed by atoms with van der Waals surface area (Å²) in [5.41, 5.74) is 2.66. The number of hydrogen-bond acceptors (Lipinski definition) is 0. The summed E-state index contributed by atoms with van der Waals surface area (Å²) in [6.07, 6.45) is 12.4. The topological polar surface area (TPSA) is 49.1 Å². The molecule has 0 aliphatic rings. The summed E-state index contributed by atoms with van der Waals surface area (Å²) in [5.74, 6) is 0. The molecule has 0 spiro atoms. The molecule has 0 saturated heterocycles. The van der Waals surface area contributed by atoms with Gasteiger partial charge in [0.2, 0.25) is 12.7 Å². The van der Waals surface area contributed by atoms with Gasteiger partial charge in [-0.1, -0.05) is 60.7 Å². The van der Waals surface area contributed by atoms with Crippen LogP contribution in [0.25, 0.3) is 0 Å². The summed E-state index contributed by atoms with van der Waals surface area (Å²) in [6, 6.07) is 20.9. The van der Waals surface area contributed by atoms with Crippen molar-refractivity contribution in [3.05, 3.63) is 109 Å². The number of nitrogens with zero attached hydrogens (tertiary/aromatic N) is 4. The fourth-order valence-electron chi connectivity index (χ4n) is 2.78. The molecule has 2 aromatic carbocycles. The van der Waals surface area contributed by atoms with E-state index in [0.29, 0.717) is 0 Å². The Hall–Kier alpha value is -2.60. The number of aromatic nitrogens is 4. The molecular formula is C22H28Cl2N4O. The summed E-state index contributed by atoms with van der Waals surface area (Å²) in [6.45, 7) is 1.89. The van der Waals surface area contributed by atoms with Gasteiger partial charge < -0.3 is 30.3 Å². The number of halogens is 2. The van der Waals surface area contributed by atoms with Gasteiger partial charge in [-0.05, 0) is 11.1 Å². The van der Waals surface area contributed by atoms with E-state index < -0.39 is 0 Å². The Kier molecular flexibility index (Phi) is 12.3. The molecule has 2 aromatic heterocycles. The monoisotopic (exact) mass is 434 g/mol. The summed E-state index contributed by atoms with van der Waals surface area (Å²) < 4.78 is 8.41. The fraction of sp³-hybridized carbons (Fsp3) is 0.182. The Bertz CT molecular complexity index is 846. The average molecular weight is 435 g/mol. The molecule has 2 N–H and O–H groups in total. The Morgan fingerprint density at radius 2 is 0.966 bits per heavy atom. The predicted molar refractivity (Wildman–Crippen MR) is 106 cm³/mol. The molecule has 0 saturated carbocycles. The van der Waals surface area contributed by atoms with E-state index in [-0.39, 0.29) is 30.3 Å². The lowest BCUT2D eigenvalue weighted by Gasteiger charge is -1.95. The third-order valence-corrected chi connectivity index (χ3v) is 4.06. The van der Waals surface area contributed by atoms with Gasteiger partial charge in [-0.15, -0.1) is 0 Å². The molecule has 0 unspecified atom stereocenters. The zero-order valence-electron chi connectivity index (χ0n) is 16.7. The molecule has 0 fully saturated rings. The van der Waals surface area contributed by atoms with Gasteiger partial charge in [0.1, 0.15) is 37.9 Å². The highest BCUT2D eigenvalue weighted by Gasteiger charge is 2.00. The summed E-state index contributed by atoms with van der Waals surface area (Å²) in [5, 5.41) is 0. The Morgan fingerprint density at radius 1 is 0.621 bits per heavy atom. The van der Waals surface area contributed by atoms with Gasteiger partial charge in [-0.25, -0.2) is 18.3 Å². The Morgan fingerprint density at radius 3 is 1.24 bits per heavy atom. The second-order valence-electron chi connectivity index (χ2n) is 6.47. The van der Waals surface area contributed by atoms with Crippen molar-refractivity contribution in [3.63, 3.8) is 0 Å². The van der Waals surface area contributed by atoms with Crippen molar-refractivity contribution in [2.24, 2.45) is 14.1 Å². The van der Waals surface area contributed by atoms with Gasteiger partial charge >= 0.3 is 0 Å². The van der Waals surface area contributed by atoms with Crippen molar-refractivity contribution in [2.75, 3.05) is 0 Å². The van der Waals surface area contributed by atoms with E-state index in [1.807, 2.05) is 47.8 Å². The maximum Gasteiger partial charge on any atom is 0.243 e. The second-order valence-corrected chi connectivity index (χ2v) is 6.47. The molecular weight excluding hydrogens is 407 g/mol. The van der Waals surface area contributed by atoms with Crippen LogP contribution in [0, 0.1) is 0 Å². The lowest BCUT2D eigenvalue weighted by molar-refractivity contribution is -0.671. The van der Waals surface area contributed by atoms with Gasteiger partial charge in [0.15, 0.2) is 0 Å². The summed E-state index contributed by atoms with van der Waals surface area (Å²) in [7, 11) is 4.06. The molecule has 2 heterocycles. The number of imidazole rings is 2. The standard InChI is InChI=1S/2C11H13N2.2ClH.H2O/c2*1-12-7-8-13(10-12)9-11-5-3-2-4-6-11;;;/h2*2-8,10H,9H2,1H3;2*1H;1H2/q2*+1;;;/p-2. The molecule has 0 radical (unpaired) electrons. The summed E-state index contributed by atoms with van der Waals surface area (Å²) in [4.78, 5) is 0. The minimum absolute atomic E-state index is 0. The van der Waals surface area contributed by atoms with E-state index in [9.17, 15) is 0 Å². The van der Waals surface area contributed by atoms with E-state index in [1.165, 1.54) is 11.1 Å². The predicted octanol–water partition coefficient (Wildman–Crippen LogP) is -4.09. The van der Waals surface area contributed by atoms with E-state index in [0.717, 1.165) is 13.1 Å². The molecule has 0 amide bonds. The van der Waals surface area contributed by atoms with Crippen LogP contribution in [0.3, 0.4) is 0 Å². The van der Waals surface area contributed by atoms with Gasteiger partial charge in [0.05, 0.1) is 14.1 Å². The highest BCUT2D eigenvalue weighted by Crippen LogP contribution is 2.01. The molecule has 0 aliphatic carbocycles. The van der Waals surface area contributed by atoms with Crippen LogP contribution in [0.4, 0.5) is 0 Å². The maximum atomic E-state index is 2.16. The minimum Gasteiger partial charge on any atom is -1.00 e. The van der Waals surface area contributed by atoms with Crippen LogP contribution >= 0.6 is 0 Å². The van der Waals surface area contributed by atoms with Crippen molar-refractivity contribution in [1.82, 2.24) is 9.13 Å². The molecule has 29 heavy (non-hydrogen) atoms. The smallest absolute Gasteiger partial charge is 0.243 e. The summed E-state index contributed by atoms with van der Waals surface area (Å²) >= 11 is 0. The Balaban J connectivity index is 0.000000490. The first kappa shape index (κ1) is 26.4. The molecule has 0 bridgehead atoms. The molecule has 5 nitrogen and oxygen atoms in total. The van der Waals surface area contributed by atoms with Crippen molar-refractivity contribution >= 4 is 0 Å². The first-order valence-corrected chi connectivity index (χ1v) is 8.79. The van der Waals surface area contributed by atoms with Crippen LogP contribution in [0.1, 0.15) is 11.1 Å². The number of hydrogen-bond donors (Lipinski definition) is 0. The molecule has 0 atom stereocenters. The number of benzene rings is 2. The molecule has 4 rings (SSSR count). The normalized spacial score (nSPS) is 9.17. The fourth-order valence-corrected chi connectivity index (χ4v) is 2.78. The van der Waals surface area contributed by atoms with E-state index >= 15 is 0 Å². The number of aryl methyl sites for hydroxylation is 2. The van der Waals surface area contributed by atoms with Crippen LogP contribution in [0.2, 0.25) is 0 Å². The molecule has 4 aromatic rings. The highest BCUT2D eigenvalue weighted by atomic mass is 35.5. The van der Waals surface area contributed by atoms with Gasteiger partial charge in [-0.2, -0.15) is 0 Å². The van der Waals surface area contributed by atoms with E-state index in [1.54, 1.807) is 0 Å². The second kappa shape index (κ2) is 13.6. The first-order valence-electron chi connectivity index (χ1n) is 8.79. The van der Waals surface area contributed by atoms with Gasteiger partial charge in [-0.3, -0.25) is 0 Å². The van der Waals surface area contributed by atoms with Crippen LogP contribution in [-0.4, -0.2) is 14.6 Å². The Labute approximate surface area is 185 Å². The average Bonchev–Trinajstić information content (AvgIpc) is 3.25. The van der Waals surface area contributed by atoms with Gasteiger partial charge in [0.25, 0.3) is 0 Å². The van der Waals surface area contributed by atoms with Crippen molar-refractivity contribution in [3.8, 4) is 0 Å².